The topological polar surface area (TPSA) is 62.0 Å². The lowest BCUT2D eigenvalue weighted by atomic mass is 10.1. The zero-order chi connectivity index (χ0) is 16.7. The first-order chi connectivity index (χ1) is 11.6. The van der Waals surface area contributed by atoms with E-state index in [4.69, 9.17) is 4.74 Å². The Balaban J connectivity index is 1.84. The first-order valence-electron chi connectivity index (χ1n) is 8.28. The van der Waals surface area contributed by atoms with Crippen LogP contribution in [0.4, 0.5) is 0 Å². The van der Waals surface area contributed by atoms with E-state index >= 15 is 0 Å². The standard InChI is InChI=1S/C18H19N3O2S/c1-11-8-9-13(10-21(11)22)23-17-16-14-6-4-3-5-7-15(14)24-18(16)20-12(2)19-17/h8-10H,3-7H2,1-2H3. The third-order valence-electron chi connectivity index (χ3n) is 4.44. The van der Waals surface area contributed by atoms with Crippen molar-refractivity contribution in [1.82, 2.24) is 9.97 Å². The molecule has 0 fully saturated rings. The van der Waals surface area contributed by atoms with E-state index in [1.165, 1.54) is 35.9 Å². The molecular weight excluding hydrogens is 322 g/mol. The number of rotatable bonds is 2. The molecule has 0 unspecified atom stereocenters. The molecule has 0 aliphatic heterocycles. The summed E-state index contributed by atoms with van der Waals surface area (Å²) in [6.45, 7) is 3.64. The van der Waals surface area contributed by atoms with E-state index in [0.717, 1.165) is 27.8 Å². The zero-order valence-electron chi connectivity index (χ0n) is 13.8. The van der Waals surface area contributed by atoms with Crippen LogP contribution in [0.3, 0.4) is 0 Å². The number of aromatic nitrogens is 3. The summed E-state index contributed by atoms with van der Waals surface area (Å²) in [5.74, 6) is 1.76. The van der Waals surface area contributed by atoms with Gasteiger partial charge in [0, 0.05) is 17.9 Å². The maximum atomic E-state index is 11.8. The molecule has 0 saturated heterocycles. The van der Waals surface area contributed by atoms with Gasteiger partial charge in [-0.25, -0.2) is 4.98 Å². The van der Waals surface area contributed by atoms with Gasteiger partial charge in [0.05, 0.1) is 5.39 Å². The Morgan fingerprint density at radius 2 is 1.96 bits per heavy atom. The Hall–Kier alpha value is -2.21. The minimum atomic E-state index is 0.503. The Bertz CT molecular complexity index is 920. The van der Waals surface area contributed by atoms with Gasteiger partial charge < -0.3 is 9.94 Å². The molecule has 4 rings (SSSR count). The van der Waals surface area contributed by atoms with Crippen molar-refractivity contribution in [2.75, 3.05) is 0 Å². The van der Waals surface area contributed by atoms with Gasteiger partial charge in [-0.05, 0) is 44.2 Å². The maximum absolute atomic E-state index is 11.8. The van der Waals surface area contributed by atoms with Crippen LogP contribution in [-0.4, -0.2) is 9.97 Å². The molecule has 0 amide bonds. The first-order valence-corrected chi connectivity index (χ1v) is 9.10. The number of aryl methyl sites for hydroxylation is 4. The molecule has 3 aromatic rings. The summed E-state index contributed by atoms with van der Waals surface area (Å²) in [6.07, 6.45) is 7.30. The van der Waals surface area contributed by atoms with Crippen molar-refractivity contribution in [2.45, 2.75) is 46.0 Å². The molecule has 0 N–H and O–H groups in total. The second kappa shape index (κ2) is 6.02. The molecule has 124 valence electrons. The van der Waals surface area contributed by atoms with Crippen LogP contribution in [-0.2, 0) is 12.8 Å². The molecule has 0 radical (unpaired) electrons. The largest absolute Gasteiger partial charge is 0.618 e. The smallest absolute Gasteiger partial charge is 0.231 e. The van der Waals surface area contributed by atoms with Gasteiger partial charge in [0.1, 0.15) is 10.7 Å². The predicted molar refractivity (Wildman–Crippen MR) is 93.6 cm³/mol. The summed E-state index contributed by atoms with van der Waals surface area (Å²) in [6, 6.07) is 3.56. The van der Waals surface area contributed by atoms with Gasteiger partial charge in [0.15, 0.2) is 11.4 Å². The summed E-state index contributed by atoms with van der Waals surface area (Å²) in [7, 11) is 0. The second-order valence-electron chi connectivity index (χ2n) is 6.25. The molecule has 0 bridgehead atoms. The molecule has 3 aromatic heterocycles. The van der Waals surface area contributed by atoms with Crippen LogP contribution in [0.5, 0.6) is 11.6 Å². The number of nitrogens with zero attached hydrogens (tertiary/aromatic N) is 3. The van der Waals surface area contributed by atoms with E-state index in [1.54, 1.807) is 30.4 Å². The van der Waals surface area contributed by atoms with E-state index in [1.807, 2.05) is 6.92 Å². The van der Waals surface area contributed by atoms with Crippen molar-refractivity contribution >= 4 is 21.6 Å². The summed E-state index contributed by atoms with van der Waals surface area (Å²) >= 11 is 1.76. The number of fused-ring (bicyclic) bond motifs is 3. The first kappa shape index (κ1) is 15.3. The Kier molecular flexibility index (Phi) is 3.84. The molecule has 3 heterocycles. The van der Waals surface area contributed by atoms with E-state index in [-0.39, 0.29) is 0 Å². The van der Waals surface area contributed by atoms with Crippen LogP contribution in [0, 0.1) is 19.1 Å². The highest BCUT2D eigenvalue weighted by atomic mass is 32.1. The van der Waals surface area contributed by atoms with Crippen molar-refractivity contribution in [3.05, 3.63) is 45.5 Å². The molecule has 0 atom stereocenters. The third kappa shape index (κ3) is 2.71. The van der Waals surface area contributed by atoms with Crippen molar-refractivity contribution in [3.63, 3.8) is 0 Å². The second-order valence-corrected chi connectivity index (χ2v) is 7.34. The van der Waals surface area contributed by atoms with Gasteiger partial charge in [-0.3, -0.25) is 0 Å². The van der Waals surface area contributed by atoms with Gasteiger partial charge in [-0.15, -0.1) is 11.3 Å². The van der Waals surface area contributed by atoms with Crippen molar-refractivity contribution in [3.8, 4) is 11.6 Å². The molecule has 24 heavy (non-hydrogen) atoms. The lowest BCUT2D eigenvalue weighted by molar-refractivity contribution is -0.612. The number of hydrogen-bond donors (Lipinski definition) is 0. The molecule has 0 aromatic carbocycles. The van der Waals surface area contributed by atoms with E-state index in [9.17, 15) is 5.21 Å². The quantitative estimate of drug-likeness (QED) is 0.401. The third-order valence-corrected chi connectivity index (χ3v) is 5.62. The Labute approximate surface area is 144 Å². The van der Waals surface area contributed by atoms with Gasteiger partial charge in [0.2, 0.25) is 12.1 Å². The highest BCUT2D eigenvalue weighted by Crippen LogP contribution is 2.39. The number of hydrogen-bond acceptors (Lipinski definition) is 5. The number of thiophene rings is 1. The molecule has 0 saturated carbocycles. The van der Waals surface area contributed by atoms with Crippen molar-refractivity contribution in [1.29, 1.82) is 0 Å². The van der Waals surface area contributed by atoms with Gasteiger partial charge in [0.25, 0.3) is 0 Å². The fourth-order valence-corrected chi connectivity index (χ4v) is 4.48. The van der Waals surface area contributed by atoms with Gasteiger partial charge in [-0.1, -0.05) is 6.42 Å². The van der Waals surface area contributed by atoms with E-state index < -0.39 is 0 Å². The minimum absolute atomic E-state index is 0.503. The van der Waals surface area contributed by atoms with Crippen molar-refractivity contribution < 1.29 is 9.47 Å². The summed E-state index contributed by atoms with van der Waals surface area (Å²) in [5, 5.41) is 12.8. The number of pyridine rings is 1. The lowest BCUT2D eigenvalue weighted by Gasteiger charge is -2.09. The van der Waals surface area contributed by atoms with Crippen LogP contribution in [0.2, 0.25) is 0 Å². The molecule has 1 aliphatic carbocycles. The van der Waals surface area contributed by atoms with Crippen LogP contribution in [0.15, 0.2) is 18.3 Å². The molecule has 5 nitrogen and oxygen atoms in total. The highest BCUT2D eigenvalue weighted by Gasteiger charge is 2.21. The summed E-state index contributed by atoms with van der Waals surface area (Å²) in [5.41, 5.74) is 1.97. The SMILES string of the molecule is Cc1nc(Oc2ccc(C)[n+]([O-])c2)c2c3c(sc2n1)CCCCC3. The monoisotopic (exact) mass is 341 g/mol. The highest BCUT2D eigenvalue weighted by molar-refractivity contribution is 7.18. The molecule has 1 aliphatic rings. The van der Waals surface area contributed by atoms with Gasteiger partial charge >= 0.3 is 0 Å². The normalized spacial score (nSPS) is 14.4. The van der Waals surface area contributed by atoms with Crippen LogP contribution in [0.25, 0.3) is 10.2 Å². The Morgan fingerprint density at radius 3 is 2.79 bits per heavy atom. The summed E-state index contributed by atoms with van der Waals surface area (Å²) < 4.78 is 6.82. The van der Waals surface area contributed by atoms with Crippen LogP contribution >= 0.6 is 11.3 Å². The molecular formula is C18H19N3O2S. The van der Waals surface area contributed by atoms with Gasteiger partial charge in [-0.2, -0.15) is 9.71 Å². The van der Waals surface area contributed by atoms with Crippen LogP contribution in [0.1, 0.15) is 41.2 Å². The van der Waals surface area contributed by atoms with E-state index in [2.05, 4.69) is 9.97 Å². The van der Waals surface area contributed by atoms with Crippen molar-refractivity contribution in [2.24, 2.45) is 0 Å². The minimum Gasteiger partial charge on any atom is -0.618 e. The number of ether oxygens (including phenoxy) is 1. The molecule has 0 spiro atoms. The fraction of sp³-hybridized carbons (Fsp3) is 0.389. The lowest BCUT2D eigenvalue weighted by Crippen LogP contribution is -2.28. The predicted octanol–water partition coefficient (Wildman–Crippen LogP) is 4.00. The summed E-state index contributed by atoms with van der Waals surface area (Å²) in [4.78, 5) is 11.5. The van der Waals surface area contributed by atoms with Crippen LogP contribution < -0.4 is 9.47 Å². The Morgan fingerprint density at radius 1 is 1.12 bits per heavy atom. The molecule has 6 heteroatoms. The van der Waals surface area contributed by atoms with E-state index in [0.29, 0.717) is 23.1 Å². The zero-order valence-corrected chi connectivity index (χ0v) is 14.7. The fourth-order valence-electron chi connectivity index (χ4n) is 3.18. The average Bonchev–Trinajstić information content (AvgIpc) is 2.73. The maximum Gasteiger partial charge on any atom is 0.231 e. The average molecular weight is 341 g/mol.